The molecule has 0 saturated heterocycles. The fraction of sp³-hybridized carbons (Fsp3) is 0.188. The van der Waals surface area contributed by atoms with Crippen LogP contribution < -0.4 is 10.6 Å². The van der Waals surface area contributed by atoms with E-state index < -0.39 is 17.6 Å². The maximum Gasteiger partial charge on any atom is 0.416 e. The Morgan fingerprint density at radius 2 is 1.83 bits per heavy atom. The lowest BCUT2D eigenvalue weighted by molar-refractivity contribution is -0.137. The summed E-state index contributed by atoms with van der Waals surface area (Å²) in [5, 5.41) is 6.33. The smallest absolute Gasteiger partial charge is 0.383 e. The summed E-state index contributed by atoms with van der Waals surface area (Å²) in [5.41, 5.74) is -0.143. The van der Waals surface area contributed by atoms with Crippen LogP contribution in [0.5, 0.6) is 0 Å². The van der Waals surface area contributed by atoms with E-state index in [0.29, 0.717) is 15.7 Å². The Morgan fingerprint density at radius 1 is 1.08 bits per heavy atom. The Bertz CT molecular complexity index is 736. The highest BCUT2D eigenvalue weighted by molar-refractivity contribution is 6.35. The van der Waals surface area contributed by atoms with E-state index in [1.807, 2.05) is 0 Å². The van der Waals surface area contributed by atoms with Crippen LogP contribution in [0.4, 0.5) is 24.5 Å². The number of nitrogens with one attached hydrogen (secondary N) is 2. The number of anilines is 2. The van der Waals surface area contributed by atoms with E-state index in [-0.39, 0.29) is 18.7 Å². The maximum absolute atomic E-state index is 12.6. The van der Waals surface area contributed by atoms with Crippen molar-refractivity contribution in [3.63, 3.8) is 0 Å². The largest absolute Gasteiger partial charge is 0.416 e. The van der Waals surface area contributed by atoms with Crippen LogP contribution in [0, 0.1) is 0 Å². The second-order valence-electron chi connectivity index (χ2n) is 4.93. The Hall–Kier alpha value is -1.92. The van der Waals surface area contributed by atoms with Crippen LogP contribution in [0.1, 0.15) is 12.0 Å². The number of benzene rings is 2. The maximum atomic E-state index is 12.6. The van der Waals surface area contributed by atoms with E-state index in [4.69, 9.17) is 23.2 Å². The Labute approximate surface area is 146 Å². The van der Waals surface area contributed by atoms with E-state index >= 15 is 0 Å². The molecule has 24 heavy (non-hydrogen) atoms. The second-order valence-corrected chi connectivity index (χ2v) is 5.77. The van der Waals surface area contributed by atoms with Crippen LogP contribution in [-0.2, 0) is 11.0 Å². The van der Waals surface area contributed by atoms with Gasteiger partial charge in [0.25, 0.3) is 0 Å². The summed E-state index contributed by atoms with van der Waals surface area (Å²) in [7, 11) is 0. The fourth-order valence-corrected chi connectivity index (χ4v) is 2.30. The summed E-state index contributed by atoms with van der Waals surface area (Å²) >= 11 is 11.8. The molecular weight excluding hydrogens is 364 g/mol. The molecule has 128 valence electrons. The third-order valence-corrected chi connectivity index (χ3v) is 3.63. The van der Waals surface area contributed by atoms with Gasteiger partial charge in [-0.3, -0.25) is 4.79 Å². The molecule has 0 spiro atoms. The molecule has 2 aromatic rings. The predicted molar refractivity (Wildman–Crippen MR) is 89.6 cm³/mol. The number of rotatable bonds is 5. The summed E-state index contributed by atoms with van der Waals surface area (Å²) < 4.78 is 37.9. The molecule has 0 heterocycles. The van der Waals surface area contributed by atoms with Gasteiger partial charge in [0.1, 0.15) is 0 Å². The first kappa shape index (κ1) is 18.4. The Balaban J connectivity index is 1.89. The molecule has 0 aliphatic heterocycles. The lowest BCUT2D eigenvalue weighted by atomic mass is 10.2. The van der Waals surface area contributed by atoms with Crippen molar-refractivity contribution < 1.29 is 18.0 Å². The van der Waals surface area contributed by atoms with Gasteiger partial charge in [0, 0.05) is 23.7 Å². The number of halogens is 5. The molecule has 0 unspecified atom stereocenters. The van der Waals surface area contributed by atoms with Crippen LogP contribution in [0.3, 0.4) is 0 Å². The molecule has 1 amide bonds. The van der Waals surface area contributed by atoms with Gasteiger partial charge in [-0.15, -0.1) is 0 Å². The minimum absolute atomic E-state index is 0.0547. The van der Waals surface area contributed by atoms with E-state index in [9.17, 15) is 18.0 Å². The van der Waals surface area contributed by atoms with Crippen LogP contribution in [0.15, 0.2) is 42.5 Å². The Morgan fingerprint density at radius 3 is 2.54 bits per heavy atom. The van der Waals surface area contributed by atoms with E-state index in [0.717, 1.165) is 12.1 Å². The SMILES string of the molecule is O=C(CCNc1cc(Cl)ccc1Cl)Nc1cccc(C(F)(F)F)c1. The van der Waals surface area contributed by atoms with Gasteiger partial charge in [-0.05, 0) is 36.4 Å². The standard InChI is InChI=1S/C16H13Cl2F3N2O/c17-11-4-5-13(18)14(9-11)22-7-6-15(24)23-12-3-1-2-10(8-12)16(19,20)21/h1-5,8-9,22H,6-7H2,(H,23,24). The average Bonchev–Trinajstić information content (AvgIpc) is 2.50. The molecule has 0 radical (unpaired) electrons. The summed E-state index contributed by atoms with van der Waals surface area (Å²) in [6.07, 6.45) is -4.40. The van der Waals surface area contributed by atoms with Gasteiger partial charge in [0.05, 0.1) is 16.3 Å². The van der Waals surface area contributed by atoms with Gasteiger partial charge in [0.15, 0.2) is 0 Å². The molecule has 0 aliphatic rings. The van der Waals surface area contributed by atoms with E-state index in [1.165, 1.54) is 12.1 Å². The summed E-state index contributed by atoms with van der Waals surface area (Å²) in [5.74, 6) is -0.417. The van der Waals surface area contributed by atoms with Gasteiger partial charge >= 0.3 is 6.18 Å². The number of amides is 1. The van der Waals surface area contributed by atoms with Crippen LogP contribution in [-0.4, -0.2) is 12.5 Å². The van der Waals surface area contributed by atoms with Crippen molar-refractivity contribution in [2.24, 2.45) is 0 Å². The summed E-state index contributed by atoms with van der Waals surface area (Å²) in [6.45, 7) is 0.255. The minimum Gasteiger partial charge on any atom is -0.383 e. The van der Waals surface area contributed by atoms with Crippen molar-refractivity contribution in [1.82, 2.24) is 0 Å². The van der Waals surface area contributed by atoms with Crippen molar-refractivity contribution >= 4 is 40.5 Å². The molecule has 0 bridgehead atoms. The topological polar surface area (TPSA) is 41.1 Å². The molecule has 2 rings (SSSR count). The van der Waals surface area contributed by atoms with Gasteiger partial charge in [-0.1, -0.05) is 29.3 Å². The van der Waals surface area contributed by atoms with E-state index in [2.05, 4.69) is 10.6 Å². The van der Waals surface area contributed by atoms with Crippen molar-refractivity contribution in [1.29, 1.82) is 0 Å². The molecule has 8 heteroatoms. The lowest BCUT2D eigenvalue weighted by Crippen LogP contribution is -2.17. The third-order valence-electron chi connectivity index (χ3n) is 3.07. The molecule has 3 nitrogen and oxygen atoms in total. The van der Waals surface area contributed by atoms with Crippen molar-refractivity contribution in [3.05, 3.63) is 58.1 Å². The van der Waals surface area contributed by atoms with Gasteiger partial charge < -0.3 is 10.6 Å². The van der Waals surface area contributed by atoms with Crippen LogP contribution in [0.2, 0.25) is 10.0 Å². The Kier molecular flexibility index (Phi) is 5.96. The molecule has 0 aromatic heterocycles. The average molecular weight is 377 g/mol. The summed E-state index contributed by atoms with van der Waals surface area (Å²) in [4.78, 5) is 11.8. The molecule has 0 atom stereocenters. The van der Waals surface area contributed by atoms with E-state index in [1.54, 1.807) is 18.2 Å². The van der Waals surface area contributed by atoms with Gasteiger partial charge in [-0.25, -0.2) is 0 Å². The van der Waals surface area contributed by atoms with Crippen molar-refractivity contribution in [2.45, 2.75) is 12.6 Å². The number of carbonyl (C=O) groups is 1. The van der Waals surface area contributed by atoms with Gasteiger partial charge in [-0.2, -0.15) is 13.2 Å². The minimum atomic E-state index is -4.45. The highest BCUT2D eigenvalue weighted by Gasteiger charge is 2.30. The molecule has 2 N–H and O–H groups in total. The number of carbonyl (C=O) groups excluding carboxylic acids is 1. The van der Waals surface area contributed by atoms with Crippen molar-refractivity contribution in [2.75, 3.05) is 17.2 Å². The van der Waals surface area contributed by atoms with Crippen LogP contribution in [0.25, 0.3) is 0 Å². The zero-order chi connectivity index (χ0) is 17.7. The normalized spacial score (nSPS) is 11.2. The monoisotopic (exact) mass is 376 g/mol. The van der Waals surface area contributed by atoms with Crippen molar-refractivity contribution in [3.8, 4) is 0 Å². The first-order chi connectivity index (χ1) is 11.3. The molecule has 2 aromatic carbocycles. The fourth-order valence-electron chi connectivity index (χ4n) is 1.94. The highest BCUT2D eigenvalue weighted by Crippen LogP contribution is 2.30. The van der Waals surface area contributed by atoms with Crippen LogP contribution >= 0.6 is 23.2 Å². The highest BCUT2D eigenvalue weighted by atomic mass is 35.5. The molecular formula is C16H13Cl2F3N2O. The lowest BCUT2D eigenvalue weighted by Gasteiger charge is -2.11. The number of alkyl halides is 3. The zero-order valence-electron chi connectivity index (χ0n) is 12.3. The van der Waals surface area contributed by atoms with Gasteiger partial charge in [0.2, 0.25) is 5.91 Å². The molecule has 0 fully saturated rings. The zero-order valence-corrected chi connectivity index (χ0v) is 13.8. The molecule has 0 aliphatic carbocycles. The first-order valence-corrected chi connectivity index (χ1v) is 7.67. The third kappa shape index (κ3) is 5.32. The quantitative estimate of drug-likeness (QED) is 0.727. The predicted octanol–water partition coefficient (Wildman–Crippen LogP) is 5.45. The second kappa shape index (κ2) is 7.77. The number of hydrogen-bond donors (Lipinski definition) is 2. The summed E-state index contributed by atoms with van der Waals surface area (Å²) in [6, 6.07) is 9.34. The first-order valence-electron chi connectivity index (χ1n) is 6.92. The molecule has 0 saturated carbocycles. The number of hydrogen-bond acceptors (Lipinski definition) is 2.